The van der Waals surface area contributed by atoms with E-state index in [1.54, 1.807) is 24.3 Å². The van der Waals surface area contributed by atoms with Gasteiger partial charge in [-0.05, 0) is 65.6 Å². The minimum absolute atomic E-state index is 0.00320. The van der Waals surface area contributed by atoms with Crippen molar-refractivity contribution in [2.24, 2.45) is 5.41 Å². The van der Waals surface area contributed by atoms with Gasteiger partial charge in [0.15, 0.2) is 0 Å². The summed E-state index contributed by atoms with van der Waals surface area (Å²) in [5, 5.41) is 14.4. The Morgan fingerprint density at radius 2 is 1.57 bits per heavy atom. The summed E-state index contributed by atoms with van der Waals surface area (Å²) in [5.74, 6) is -1.68. The van der Waals surface area contributed by atoms with Crippen molar-refractivity contribution in [1.29, 1.82) is 0 Å². The second-order valence-electron chi connectivity index (χ2n) is 10.7. The number of nitrogens with one attached hydrogen (secondary N) is 1. The van der Waals surface area contributed by atoms with Gasteiger partial charge >= 0.3 is 5.97 Å². The van der Waals surface area contributed by atoms with Gasteiger partial charge in [-0.3, -0.25) is 14.4 Å². The molecule has 1 atom stereocenters. The van der Waals surface area contributed by atoms with E-state index in [-0.39, 0.29) is 24.7 Å². The quantitative estimate of drug-likeness (QED) is 0.405. The van der Waals surface area contributed by atoms with Crippen molar-refractivity contribution in [3.63, 3.8) is 0 Å². The summed E-state index contributed by atoms with van der Waals surface area (Å²) in [6, 6.07) is 20.6. The maximum absolute atomic E-state index is 13.2. The smallest absolute Gasteiger partial charge is 0.303 e. The molecular weight excluding hydrogens is 464 g/mol. The van der Waals surface area contributed by atoms with Crippen molar-refractivity contribution >= 4 is 34.2 Å². The lowest BCUT2D eigenvalue weighted by atomic mass is 9.77. The van der Waals surface area contributed by atoms with Crippen LogP contribution in [-0.4, -0.2) is 40.9 Å². The summed E-state index contributed by atoms with van der Waals surface area (Å²) in [6.07, 6.45) is 7.25. The number of aliphatic carboxylic acids is 1. The average molecular weight is 499 g/mol. The van der Waals surface area contributed by atoms with Gasteiger partial charge in [-0.2, -0.15) is 0 Å². The Labute approximate surface area is 217 Å². The first-order chi connectivity index (χ1) is 17.9. The van der Waals surface area contributed by atoms with Crippen LogP contribution in [0.5, 0.6) is 0 Å². The lowest BCUT2D eigenvalue weighted by Gasteiger charge is -2.39. The molecule has 37 heavy (non-hydrogen) atoms. The van der Waals surface area contributed by atoms with E-state index in [0.717, 1.165) is 42.3 Å². The number of amides is 2. The number of carboxylic acid groups (broad SMARTS) is 1. The van der Waals surface area contributed by atoms with E-state index in [9.17, 15) is 19.5 Å². The Kier molecular flexibility index (Phi) is 7.26. The Hall–Kier alpha value is -3.67. The highest BCUT2D eigenvalue weighted by Crippen LogP contribution is 2.46. The number of benzene rings is 3. The van der Waals surface area contributed by atoms with E-state index in [4.69, 9.17) is 0 Å². The van der Waals surface area contributed by atoms with Crippen LogP contribution in [0.1, 0.15) is 73.2 Å². The van der Waals surface area contributed by atoms with Crippen molar-refractivity contribution < 1.29 is 19.5 Å². The Balaban J connectivity index is 1.26. The van der Waals surface area contributed by atoms with Crippen molar-refractivity contribution in [2.75, 3.05) is 18.4 Å². The van der Waals surface area contributed by atoms with Gasteiger partial charge in [-0.25, -0.2) is 0 Å². The van der Waals surface area contributed by atoms with Crippen LogP contribution in [0.3, 0.4) is 0 Å². The van der Waals surface area contributed by atoms with Crippen LogP contribution in [0.4, 0.5) is 5.69 Å². The van der Waals surface area contributed by atoms with E-state index >= 15 is 0 Å². The standard InChI is InChI=1S/C31H34N2O4/c34-28(20-24(21-29(35)36)27-12-6-8-22-7-1-2-11-26(22)27)32-25-10-5-9-23(19-25)30(37)33-17-15-31(16-18-33)13-3-4-14-31/h1-2,5-12,19,24H,3-4,13-18,20-21H2,(H,32,34)(H,35,36). The normalized spacial score (nSPS) is 17.6. The molecule has 1 heterocycles. The number of anilines is 1. The Bertz CT molecular complexity index is 1300. The predicted octanol–water partition coefficient (Wildman–Crippen LogP) is 6.22. The molecule has 5 rings (SSSR count). The molecule has 3 aromatic carbocycles. The van der Waals surface area contributed by atoms with Gasteiger partial charge in [0.25, 0.3) is 5.91 Å². The van der Waals surface area contributed by atoms with E-state index < -0.39 is 11.9 Å². The monoisotopic (exact) mass is 498 g/mol. The molecule has 0 aromatic heterocycles. The third kappa shape index (κ3) is 5.68. The summed E-state index contributed by atoms with van der Waals surface area (Å²) in [5.41, 5.74) is 2.41. The molecule has 2 aliphatic rings. The molecule has 1 saturated carbocycles. The SMILES string of the molecule is O=C(O)CC(CC(=O)Nc1cccc(C(=O)N2CCC3(CCCC3)CC2)c1)c1cccc2ccccc12. The number of hydrogen-bond acceptors (Lipinski definition) is 3. The van der Waals surface area contributed by atoms with Crippen molar-refractivity contribution in [3.05, 3.63) is 77.9 Å². The molecule has 1 saturated heterocycles. The van der Waals surface area contributed by atoms with Crippen LogP contribution >= 0.6 is 0 Å². The van der Waals surface area contributed by atoms with Crippen LogP contribution in [0.25, 0.3) is 10.8 Å². The van der Waals surface area contributed by atoms with Crippen LogP contribution in [0.15, 0.2) is 66.7 Å². The van der Waals surface area contributed by atoms with Gasteiger partial charge in [0.1, 0.15) is 0 Å². The fourth-order valence-electron chi connectivity index (χ4n) is 6.27. The molecule has 6 nitrogen and oxygen atoms in total. The van der Waals surface area contributed by atoms with E-state index in [0.29, 0.717) is 16.7 Å². The van der Waals surface area contributed by atoms with Crippen LogP contribution in [-0.2, 0) is 9.59 Å². The average Bonchev–Trinajstić information content (AvgIpc) is 3.35. The van der Waals surface area contributed by atoms with Crippen molar-refractivity contribution in [3.8, 4) is 0 Å². The van der Waals surface area contributed by atoms with E-state index in [1.807, 2.05) is 47.4 Å². The molecule has 1 unspecified atom stereocenters. The summed E-state index contributed by atoms with van der Waals surface area (Å²) in [6.45, 7) is 1.58. The van der Waals surface area contributed by atoms with Gasteiger partial charge in [-0.1, -0.05) is 61.4 Å². The number of piperidine rings is 1. The van der Waals surface area contributed by atoms with E-state index in [1.165, 1.54) is 25.7 Å². The predicted molar refractivity (Wildman–Crippen MR) is 145 cm³/mol. The largest absolute Gasteiger partial charge is 0.481 e. The second kappa shape index (κ2) is 10.8. The number of hydrogen-bond donors (Lipinski definition) is 2. The lowest BCUT2D eigenvalue weighted by Crippen LogP contribution is -2.42. The first-order valence-electron chi connectivity index (χ1n) is 13.3. The minimum Gasteiger partial charge on any atom is -0.481 e. The highest BCUT2D eigenvalue weighted by atomic mass is 16.4. The number of likely N-dealkylation sites (tertiary alicyclic amines) is 1. The first kappa shape index (κ1) is 25.0. The molecule has 2 N–H and O–H groups in total. The second-order valence-corrected chi connectivity index (χ2v) is 10.7. The summed E-state index contributed by atoms with van der Waals surface area (Å²) >= 11 is 0. The van der Waals surface area contributed by atoms with Crippen molar-refractivity contribution in [2.45, 2.75) is 57.3 Å². The third-order valence-corrected chi connectivity index (χ3v) is 8.28. The third-order valence-electron chi connectivity index (χ3n) is 8.28. The number of carboxylic acids is 1. The lowest BCUT2D eigenvalue weighted by molar-refractivity contribution is -0.137. The molecule has 2 amide bonds. The van der Waals surface area contributed by atoms with Gasteiger partial charge < -0.3 is 15.3 Å². The zero-order valence-electron chi connectivity index (χ0n) is 21.1. The molecule has 1 aliphatic heterocycles. The molecule has 1 spiro atoms. The summed E-state index contributed by atoms with van der Waals surface area (Å²) in [7, 11) is 0. The Morgan fingerprint density at radius 1 is 0.865 bits per heavy atom. The molecule has 0 radical (unpaired) electrons. The molecule has 2 fully saturated rings. The number of carbonyl (C=O) groups is 3. The van der Waals surface area contributed by atoms with Gasteiger partial charge in [0.05, 0.1) is 6.42 Å². The van der Waals surface area contributed by atoms with Gasteiger partial charge in [0, 0.05) is 36.7 Å². The minimum atomic E-state index is -0.945. The molecule has 6 heteroatoms. The summed E-state index contributed by atoms with van der Waals surface area (Å²) in [4.78, 5) is 39.8. The first-order valence-corrected chi connectivity index (χ1v) is 13.3. The number of fused-ring (bicyclic) bond motifs is 1. The van der Waals surface area contributed by atoms with Gasteiger partial charge in [-0.15, -0.1) is 0 Å². The van der Waals surface area contributed by atoms with Gasteiger partial charge in [0.2, 0.25) is 5.91 Å². The van der Waals surface area contributed by atoms with Crippen molar-refractivity contribution in [1.82, 2.24) is 4.90 Å². The summed E-state index contributed by atoms with van der Waals surface area (Å²) < 4.78 is 0. The molecule has 192 valence electrons. The zero-order valence-corrected chi connectivity index (χ0v) is 21.1. The maximum Gasteiger partial charge on any atom is 0.303 e. The Morgan fingerprint density at radius 3 is 2.32 bits per heavy atom. The number of carbonyl (C=O) groups excluding carboxylic acids is 2. The molecular formula is C31H34N2O4. The zero-order chi connectivity index (χ0) is 25.8. The number of rotatable bonds is 7. The number of nitrogens with zero attached hydrogens (tertiary/aromatic N) is 1. The topological polar surface area (TPSA) is 86.7 Å². The van der Waals surface area contributed by atoms with Crippen LogP contribution in [0.2, 0.25) is 0 Å². The van der Waals surface area contributed by atoms with Crippen LogP contribution in [0, 0.1) is 5.41 Å². The van der Waals surface area contributed by atoms with Crippen LogP contribution < -0.4 is 5.32 Å². The molecule has 3 aromatic rings. The maximum atomic E-state index is 13.2. The fourth-order valence-corrected chi connectivity index (χ4v) is 6.27. The molecule has 0 bridgehead atoms. The van der Waals surface area contributed by atoms with E-state index in [2.05, 4.69) is 5.32 Å². The fraction of sp³-hybridized carbons (Fsp3) is 0.387. The molecule has 1 aliphatic carbocycles. The highest BCUT2D eigenvalue weighted by Gasteiger charge is 2.38. The highest BCUT2D eigenvalue weighted by molar-refractivity contribution is 5.98.